The van der Waals surface area contributed by atoms with Gasteiger partial charge in [-0.2, -0.15) is 0 Å². The summed E-state index contributed by atoms with van der Waals surface area (Å²) in [5, 5.41) is 0. The summed E-state index contributed by atoms with van der Waals surface area (Å²) < 4.78 is 0. The highest BCUT2D eigenvalue weighted by atomic mass is 35.5. The van der Waals surface area contributed by atoms with Crippen molar-refractivity contribution in [3.05, 3.63) is 0 Å². The summed E-state index contributed by atoms with van der Waals surface area (Å²) >= 11 is 0. The molecule has 0 radical (unpaired) electrons. The summed E-state index contributed by atoms with van der Waals surface area (Å²) in [4.78, 5) is 2.31. The quantitative estimate of drug-likeness (QED) is 0.684. The van der Waals surface area contributed by atoms with Crippen LogP contribution in [0.4, 0.5) is 0 Å². The fraction of sp³-hybridized carbons (Fsp3) is 1.00. The predicted molar refractivity (Wildman–Crippen MR) is 71.2 cm³/mol. The van der Waals surface area contributed by atoms with Crippen LogP contribution in [0.15, 0.2) is 0 Å². The molecule has 14 heavy (non-hydrogen) atoms. The molecule has 4 N–H and O–H groups in total. The third-order valence-corrected chi connectivity index (χ3v) is 1.74. The number of rotatable bonds is 7. The number of hydrogen-bond donors (Lipinski definition) is 2. The molecular weight excluding hydrogens is 244 g/mol. The minimum atomic E-state index is 0. The fourth-order valence-corrected chi connectivity index (χ4v) is 0.999. The van der Waals surface area contributed by atoms with Crippen molar-refractivity contribution in [1.29, 1.82) is 0 Å². The molecule has 0 bridgehead atoms. The fourth-order valence-electron chi connectivity index (χ4n) is 0.999. The van der Waals surface area contributed by atoms with Crippen LogP contribution in [0.5, 0.6) is 0 Å². The summed E-state index contributed by atoms with van der Waals surface area (Å²) in [7, 11) is 2.13. The molecule has 0 aliphatic carbocycles. The first-order valence-corrected chi connectivity index (χ1v) is 4.40. The molecule has 0 fully saturated rings. The lowest BCUT2D eigenvalue weighted by atomic mass is 10.3. The Bertz CT molecular complexity index is 86.2. The first-order valence-electron chi connectivity index (χ1n) is 4.40. The van der Waals surface area contributed by atoms with E-state index in [9.17, 15) is 0 Å². The van der Waals surface area contributed by atoms with Crippen LogP contribution in [0, 0.1) is 0 Å². The molecule has 92 valence electrons. The van der Waals surface area contributed by atoms with Gasteiger partial charge in [0.15, 0.2) is 0 Å². The molecule has 0 atom stereocenters. The normalized spacial score (nSPS) is 8.57. The Morgan fingerprint density at radius 3 is 1.64 bits per heavy atom. The highest BCUT2D eigenvalue weighted by molar-refractivity contribution is 5.86. The van der Waals surface area contributed by atoms with Gasteiger partial charge in [0.1, 0.15) is 0 Å². The second-order valence-electron chi connectivity index (χ2n) is 2.94. The van der Waals surface area contributed by atoms with E-state index in [-0.39, 0.29) is 37.2 Å². The first-order chi connectivity index (χ1) is 5.31. The molecule has 0 spiro atoms. The molecule has 0 saturated carbocycles. The lowest BCUT2D eigenvalue weighted by Gasteiger charge is -2.15. The van der Waals surface area contributed by atoms with E-state index in [1.807, 2.05) is 0 Å². The van der Waals surface area contributed by atoms with E-state index in [1.54, 1.807) is 0 Å². The maximum absolute atomic E-state index is 5.38. The predicted octanol–water partition coefficient (Wildman–Crippen LogP) is 1.27. The number of nitrogens with zero attached hydrogens (tertiary/aromatic N) is 1. The minimum Gasteiger partial charge on any atom is -0.330 e. The van der Waals surface area contributed by atoms with E-state index in [1.165, 1.54) is 6.42 Å². The van der Waals surface area contributed by atoms with E-state index in [0.29, 0.717) is 0 Å². The van der Waals surface area contributed by atoms with Crippen molar-refractivity contribution in [2.45, 2.75) is 19.3 Å². The maximum atomic E-state index is 5.38. The van der Waals surface area contributed by atoms with Gasteiger partial charge in [-0.3, -0.25) is 0 Å². The van der Waals surface area contributed by atoms with Crippen LogP contribution >= 0.6 is 37.2 Å². The molecule has 0 unspecified atom stereocenters. The SMILES string of the molecule is CN(CCCN)CCCCN.Cl.Cl.Cl. The summed E-state index contributed by atoms with van der Waals surface area (Å²) in [6.45, 7) is 3.87. The lowest BCUT2D eigenvalue weighted by Crippen LogP contribution is -2.23. The van der Waals surface area contributed by atoms with Gasteiger partial charge in [-0.05, 0) is 52.5 Å². The van der Waals surface area contributed by atoms with Crippen LogP contribution in [-0.2, 0) is 0 Å². The monoisotopic (exact) mass is 267 g/mol. The molecule has 0 aromatic heterocycles. The molecule has 0 aliphatic rings. The Labute approximate surface area is 106 Å². The molecule has 3 nitrogen and oxygen atoms in total. The Morgan fingerprint density at radius 1 is 0.786 bits per heavy atom. The van der Waals surface area contributed by atoms with E-state index in [0.717, 1.165) is 39.0 Å². The van der Waals surface area contributed by atoms with Gasteiger partial charge in [-0.15, -0.1) is 37.2 Å². The summed E-state index contributed by atoms with van der Waals surface area (Å²) in [6, 6.07) is 0. The highest BCUT2D eigenvalue weighted by Gasteiger charge is 1.95. The minimum absolute atomic E-state index is 0. The van der Waals surface area contributed by atoms with Crippen molar-refractivity contribution in [3.8, 4) is 0 Å². The second-order valence-corrected chi connectivity index (χ2v) is 2.94. The van der Waals surface area contributed by atoms with E-state index in [4.69, 9.17) is 11.5 Å². The zero-order valence-corrected chi connectivity index (χ0v) is 11.2. The Hall–Kier alpha value is 0.750. The van der Waals surface area contributed by atoms with Gasteiger partial charge in [-0.1, -0.05) is 0 Å². The summed E-state index contributed by atoms with van der Waals surface area (Å²) in [5.41, 5.74) is 10.8. The Kier molecular flexibility index (Phi) is 33.3. The third kappa shape index (κ3) is 18.5. The molecule has 0 amide bonds. The van der Waals surface area contributed by atoms with Crippen molar-refractivity contribution in [3.63, 3.8) is 0 Å². The van der Waals surface area contributed by atoms with Gasteiger partial charge in [0, 0.05) is 0 Å². The standard InChI is InChI=1S/C8H21N3.3ClH/c1-11(8-4-6-10)7-3-2-5-9;;;/h2-10H2,1H3;3*1H. The Balaban J connectivity index is -0.000000167. The van der Waals surface area contributed by atoms with Gasteiger partial charge < -0.3 is 16.4 Å². The summed E-state index contributed by atoms with van der Waals surface area (Å²) in [6.07, 6.45) is 3.43. The largest absolute Gasteiger partial charge is 0.330 e. The van der Waals surface area contributed by atoms with E-state index in [2.05, 4.69) is 11.9 Å². The molecular formula is C8H24Cl3N3. The highest BCUT2D eigenvalue weighted by Crippen LogP contribution is 1.91. The van der Waals surface area contributed by atoms with Crippen LogP contribution in [-0.4, -0.2) is 38.1 Å². The molecule has 0 aromatic rings. The van der Waals surface area contributed by atoms with Crippen molar-refractivity contribution < 1.29 is 0 Å². The van der Waals surface area contributed by atoms with Crippen LogP contribution in [0.2, 0.25) is 0 Å². The van der Waals surface area contributed by atoms with Crippen LogP contribution in [0.1, 0.15) is 19.3 Å². The van der Waals surface area contributed by atoms with Crippen LogP contribution in [0.25, 0.3) is 0 Å². The van der Waals surface area contributed by atoms with Crippen LogP contribution in [0.3, 0.4) is 0 Å². The van der Waals surface area contributed by atoms with E-state index >= 15 is 0 Å². The van der Waals surface area contributed by atoms with Crippen molar-refractivity contribution >= 4 is 37.2 Å². The van der Waals surface area contributed by atoms with Gasteiger partial charge in [0.05, 0.1) is 0 Å². The van der Waals surface area contributed by atoms with Gasteiger partial charge in [0.25, 0.3) is 0 Å². The molecule has 0 rings (SSSR count). The van der Waals surface area contributed by atoms with Crippen molar-refractivity contribution in [2.24, 2.45) is 11.5 Å². The second kappa shape index (κ2) is 19.3. The smallest absolute Gasteiger partial charge is 0.000977 e. The Morgan fingerprint density at radius 2 is 1.21 bits per heavy atom. The van der Waals surface area contributed by atoms with Crippen molar-refractivity contribution in [2.75, 3.05) is 33.2 Å². The van der Waals surface area contributed by atoms with Crippen LogP contribution < -0.4 is 11.5 Å². The topological polar surface area (TPSA) is 55.3 Å². The molecule has 0 heterocycles. The van der Waals surface area contributed by atoms with E-state index < -0.39 is 0 Å². The third-order valence-electron chi connectivity index (χ3n) is 1.74. The number of hydrogen-bond acceptors (Lipinski definition) is 3. The average molecular weight is 269 g/mol. The zero-order valence-electron chi connectivity index (χ0n) is 8.78. The zero-order chi connectivity index (χ0) is 8.53. The molecule has 0 saturated heterocycles. The lowest BCUT2D eigenvalue weighted by molar-refractivity contribution is 0.324. The van der Waals surface area contributed by atoms with Crippen molar-refractivity contribution in [1.82, 2.24) is 4.90 Å². The number of unbranched alkanes of at least 4 members (excludes halogenated alkanes) is 1. The van der Waals surface area contributed by atoms with Gasteiger partial charge in [-0.25, -0.2) is 0 Å². The van der Waals surface area contributed by atoms with Gasteiger partial charge in [0.2, 0.25) is 0 Å². The molecule has 6 heteroatoms. The molecule has 0 aliphatic heterocycles. The molecule has 0 aromatic carbocycles. The average Bonchev–Trinajstić information content (AvgIpc) is 2.01. The first kappa shape index (κ1) is 24.1. The summed E-state index contributed by atoms with van der Waals surface area (Å²) in [5.74, 6) is 0. The van der Waals surface area contributed by atoms with Gasteiger partial charge >= 0.3 is 0 Å². The number of halogens is 3. The maximum Gasteiger partial charge on any atom is -0.000977 e. The number of nitrogens with two attached hydrogens (primary N) is 2.